The average Bonchev–Trinajstić information content (AvgIpc) is 3.12. The summed E-state index contributed by atoms with van der Waals surface area (Å²) in [5, 5.41) is 3.12. The maximum atomic E-state index is 12.7. The highest BCUT2D eigenvalue weighted by Crippen LogP contribution is 2.14. The van der Waals surface area contributed by atoms with Crippen LogP contribution in [-0.2, 0) is 6.42 Å². The summed E-state index contributed by atoms with van der Waals surface area (Å²) in [6.07, 6.45) is 0.606. The summed E-state index contributed by atoms with van der Waals surface area (Å²) in [7, 11) is 0. The number of aryl methyl sites for hydroxylation is 1. The van der Waals surface area contributed by atoms with E-state index in [1.807, 2.05) is 61.5 Å². The van der Waals surface area contributed by atoms with Crippen LogP contribution in [0.5, 0.6) is 0 Å². The van der Waals surface area contributed by atoms with Crippen LogP contribution in [-0.4, -0.2) is 19.7 Å². The molecule has 0 radical (unpaired) electrons. The second-order valence-electron chi connectivity index (χ2n) is 5.60. The molecule has 2 N–H and O–H groups in total. The number of aromatic amines is 2. The van der Waals surface area contributed by atoms with Crippen molar-refractivity contribution in [2.24, 2.45) is 0 Å². The zero-order valence-corrected chi connectivity index (χ0v) is 12.7. The van der Waals surface area contributed by atoms with Gasteiger partial charge in [-0.1, -0.05) is 42.5 Å². The molecule has 4 aromatic rings. The van der Waals surface area contributed by atoms with Gasteiger partial charge in [-0.05, 0) is 24.6 Å². The van der Waals surface area contributed by atoms with E-state index in [2.05, 4.69) is 15.1 Å². The van der Waals surface area contributed by atoms with Gasteiger partial charge in [0.15, 0.2) is 0 Å². The zero-order valence-electron chi connectivity index (χ0n) is 12.7. The summed E-state index contributed by atoms with van der Waals surface area (Å²) in [6, 6.07) is 17.7. The first kappa shape index (κ1) is 13.6. The van der Waals surface area contributed by atoms with E-state index in [9.17, 15) is 4.79 Å². The van der Waals surface area contributed by atoms with Crippen LogP contribution in [0, 0.1) is 6.92 Å². The molecule has 2 aromatic heterocycles. The van der Waals surface area contributed by atoms with Crippen molar-refractivity contribution in [3.05, 3.63) is 81.8 Å². The maximum absolute atomic E-state index is 12.7. The number of hydrogen-bond acceptors (Lipinski definition) is 2. The van der Waals surface area contributed by atoms with Crippen LogP contribution in [0.2, 0.25) is 0 Å². The zero-order chi connectivity index (χ0) is 15.8. The number of nitrogens with zero attached hydrogens (tertiary/aromatic N) is 2. The quantitative estimate of drug-likeness (QED) is 0.611. The number of nitrogens with one attached hydrogen (secondary N) is 2. The van der Waals surface area contributed by atoms with E-state index >= 15 is 0 Å². The van der Waals surface area contributed by atoms with E-state index in [1.165, 1.54) is 4.68 Å². The van der Waals surface area contributed by atoms with E-state index in [4.69, 9.17) is 0 Å². The van der Waals surface area contributed by atoms with Crippen molar-refractivity contribution in [1.82, 2.24) is 19.7 Å². The van der Waals surface area contributed by atoms with Gasteiger partial charge in [-0.25, -0.2) is 4.98 Å². The van der Waals surface area contributed by atoms with E-state index in [0.29, 0.717) is 12.4 Å². The Bertz CT molecular complexity index is 991. The lowest BCUT2D eigenvalue weighted by Gasteiger charge is -1.98. The summed E-state index contributed by atoms with van der Waals surface area (Å²) in [6.45, 7) is 1.92. The number of fused-ring (bicyclic) bond motifs is 1. The molecule has 0 spiro atoms. The Morgan fingerprint density at radius 1 is 1.04 bits per heavy atom. The third-order valence-corrected chi connectivity index (χ3v) is 4.01. The predicted molar refractivity (Wildman–Crippen MR) is 90.0 cm³/mol. The summed E-state index contributed by atoms with van der Waals surface area (Å²) in [4.78, 5) is 20.4. The third kappa shape index (κ3) is 2.36. The largest absolute Gasteiger partial charge is 0.322 e. The van der Waals surface area contributed by atoms with Crippen molar-refractivity contribution in [3.63, 3.8) is 0 Å². The monoisotopic (exact) mass is 304 g/mol. The number of hydrogen-bond donors (Lipinski definition) is 2. The number of aromatic nitrogens is 4. The minimum Gasteiger partial charge on any atom is -0.322 e. The highest BCUT2D eigenvalue weighted by molar-refractivity contribution is 5.75. The Labute approximate surface area is 132 Å². The van der Waals surface area contributed by atoms with E-state index in [0.717, 1.165) is 27.9 Å². The molecule has 0 saturated carbocycles. The SMILES string of the molecule is Cc1[nH]n(-c2nc3ccccc3[nH]2)c(=O)c1Cc1ccccc1. The Hall–Kier alpha value is -3.08. The van der Waals surface area contributed by atoms with Crippen LogP contribution < -0.4 is 5.56 Å². The number of benzene rings is 2. The smallest absolute Gasteiger partial charge is 0.277 e. The predicted octanol–water partition coefficient (Wildman–Crippen LogP) is 2.94. The molecule has 2 heterocycles. The van der Waals surface area contributed by atoms with E-state index in [1.54, 1.807) is 0 Å². The van der Waals surface area contributed by atoms with Crippen LogP contribution in [0.15, 0.2) is 59.4 Å². The van der Waals surface area contributed by atoms with Crippen LogP contribution in [0.1, 0.15) is 16.8 Å². The Balaban J connectivity index is 1.79. The topological polar surface area (TPSA) is 66.5 Å². The molecular weight excluding hydrogens is 288 g/mol. The molecule has 0 atom stereocenters. The molecule has 23 heavy (non-hydrogen) atoms. The van der Waals surface area contributed by atoms with Crippen LogP contribution >= 0.6 is 0 Å². The molecule has 0 unspecified atom stereocenters. The van der Waals surface area contributed by atoms with Crippen molar-refractivity contribution < 1.29 is 0 Å². The van der Waals surface area contributed by atoms with Crippen molar-refractivity contribution in [1.29, 1.82) is 0 Å². The standard InChI is InChI=1S/C18H16N4O/c1-12-14(11-13-7-3-2-4-8-13)17(23)22(21-12)18-19-15-9-5-6-10-16(15)20-18/h2-10,21H,11H2,1H3,(H,19,20). The van der Waals surface area contributed by atoms with Gasteiger partial charge in [-0.15, -0.1) is 0 Å². The molecule has 0 bridgehead atoms. The van der Waals surface area contributed by atoms with E-state index < -0.39 is 0 Å². The highest BCUT2D eigenvalue weighted by Gasteiger charge is 2.15. The fourth-order valence-electron chi connectivity index (χ4n) is 2.78. The second kappa shape index (κ2) is 5.28. The first-order valence-corrected chi connectivity index (χ1v) is 7.52. The van der Waals surface area contributed by atoms with Gasteiger partial charge in [0.05, 0.1) is 11.0 Å². The van der Waals surface area contributed by atoms with Crippen LogP contribution in [0.3, 0.4) is 0 Å². The Morgan fingerprint density at radius 3 is 2.57 bits per heavy atom. The average molecular weight is 304 g/mol. The molecule has 0 saturated heterocycles. The van der Waals surface area contributed by atoms with Gasteiger partial charge in [-0.3, -0.25) is 9.89 Å². The Morgan fingerprint density at radius 2 is 1.78 bits per heavy atom. The summed E-state index contributed by atoms with van der Waals surface area (Å²) >= 11 is 0. The first-order valence-electron chi connectivity index (χ1n) is 7.52. The molecule has 0 aliphatic heterocycles. The minimum atomic E-state index is -0.0644. The lowest BCUT2D eigenvalue weighted by atomic mass is 10.1. The highest BCUT2D eigenvalue weighted by atomic mass is 16.1. The fraction of sp³-hybridized carbons (Fsp3) is 0.111. The van der Waals surface area contributed by atoms with Crippen LogP contribution in [0.25, 0.3) is 17.0 Å². The van der Waals surface area contributed by atoms with Gasteiger partial charge in [-0.2, -0.15) is 4.68 Å². The summed E-state index contributed by atoms with van der Waals surface area (Å²) in [5.74, 6) is 0.513. The minimum absolute atomic E-state index is 0.0644. The van der Waals surface area contributed by atoms with Crippen molar-refractivity contribution in [3.8, 4) is 5.95 Å². The van der Waals surface area contributed by atoms with Crippen molar-refractivity contribution >= 4 is 11.0 Å². The maximum Gasteiger partial charge on any atom is 0.277 e. The molecule has 5 heteroatoms. The third-order valence-electron chi connectivity index (χ3n) is 4.01. The number of imidazole rings is 1. The lowest BCUT2D eigenvalue weighted by molar-refractivity contribution is 0.790. The normalized spacial score (nSPS) is 11.2. The molecule has 0 fully saturated rings. The molecule has 5 nitrogen and oxygen atoms in total. The van der Waals surface area contributed by atoms with Gasteiger partial charge in [0.1, 0.15) is 0 Å². The van der Waals surface area contributed by atoms with Gasteiger partial charge in [0.25, 0.3) is 5.56 Å². The van der Waals surface area contributed by atoms with Crippen LogP contribution in [0.4, 0.5) is 0 Å². The molecule has 0 aliphatic rings. The lowest BCUT2D eigenvalue weighted by Crippen LogP contribution is -2.18. The number of H-pyrrole nitrogens is 2. The second-order valence-corrected chi connectivity index (χ2v) is 5.60. The number of para-hydroxylation sites is 2. The first-order chi connectivity index (χ1) is 11.2. The van der Waals surface area contributed by atoms with Gasteiger partial charge in [0.2, 0.25) is 5.95 Å². The van der Waals surface area contributed by atoms with Crippen molar-refractivity contribution in [2.45, 2.75) is 13.3 Å². The molecule has 2 aromatic carbocycles. The fourth-order valence-corrected chi connectivity index (χ4v) is 2.78. The van der Waals surface area contributed by atoms with Gasteiger partial charge >= 0.3 is 0 Å². The molecule has 114 valence electrons. The molecule has 0 amide bonds. The summed E-state index contributed by atoms with van der Waals surface area (Å²) in [5.41, 5.74) is 4.42. The van der Waals surface area contributed by atoms with E-state index in [-0.39, 0.29) is 5.56 Å². The molecule has 4 rings (SSSR count). The molecular formula is C18H16N4O. The van der Waals surface area contributed by atoms with Gasteiger partial charge < -0.3 is 4.98 Å². The van der Waals surface area contributed by atoms with Crippen molar-refractivity contribution in [2.75, 3.05) is 0 Å². The molecule has 0 aliphatic carbocycles. The number of rotatable bonds is 3. The van der Waals surface area contributed by atoms with Gasteiger partial charge in [0, 0.05) is 17.7 Å². The summed E-state index contributed by atoms with van der Waals surface area (Å²) < 4.78 is 1.48. The Kier molecular flexibility index (Phi) is 3.12.